The zero-order valence-electron chi connectivity index (χ0n) is 12.0. The predicted molar refractivity (Wildman–Crippen MR) is 76.5 cm³/mol. The van der Waals surface area contributed by atoms with E-state index in [1.807, 2.05) is 30.3 Å². The van der Waals surface area contributed by atoms with E-state index in [0.29, 0.717) is 6.54 Å². The Morgan fingerprint density at radius 1 is 1.43 bits per heavy atom. The molecule has 0 aromatic heterocycles. The number of amides is 2. The minimum Gasteiger partial charge on any atom is -0.445 e. The molecule has 2 amide bonds. The molecule has 6 heteroatoms. The lowest BCUT2D eigenvalue weighted by Crippen LogP contribution is -2.86. The number of fused-ring (bicyclic) bond motifs is 1. The minimum atomic E-state index is -0.567. The second-order valence-corrected chi connectivity index (χ2v) is 5.75. The lowest BCUT2D eigenvalue weighted by molar-refractivity contribution is -0.155. The molecule has 0 saturated carbocycles. The Labute approximate surface area is 123 Å². The quantitative estimate of drug-likeness (QED) is 0.846. The monoisotopic (exact) mass is 289 g/mol. The van der Waals surface area contributed by atoms with Crippen LogP contribution in [0.3, 0.4) is 0 Å². The number of hydrogen-bond donors (Lipinski definition) is 2. The van der Waals surface area contributed by atoms with Crippen LogP contribution in [0, 0.1) is 0 Å². The summed E-state index contributed by atoms with van der Waals surface area (Å²) >= 11 is 0. The van der Waals surface area contributed by atoms with Crippen molar-refractivity contribution >= 4 is 12.0 Å². The van der Waals surface area contributed by atoms with E-state index in [9.17, 15) is 9.59 Å². The van der Waals surface area contributed by atoms with E-state index in [4.69, 9.17) is 4.74 Å². The van der Waals surface area contributed by atoms with Crippen molar-refractivity contribution in [3.63, 3.8) is 0 Å². The van der Waals surface area contributed by atoms with Gasteiger partial charge in [-0.3, -0.25) is 4.79 Å². The van der Waals surface area contributed by atoms with Gasteiger partial charge in [0.1, 0.15) is 13.2 Å². The standard InChI is InChI=1S/C15H19N3O3/c1-15-10-18(12(15)7-17-15)13(19)8-16-14(20)21-9-11-5-3-2-4-6-11/h2-6,12,17H,7-10H2,1H3,(H,16,20)/t12-,15-/m1/s1. The van der Waals surface area contributed by atoms with Gasteiger partial charge in [0.25, 0.3) is 0 Å². The fourth-order valence-electron chi connectivity index (χ4n) is 2.79. The SMILES string of the molecule is C[C@@]12CN(C(=O)CNC(=O)OCc3ccccc3)[C@@H]1CN2. The van der Waals surface area contributed by atoms with Crippen molar-refractivity contribution in [1.82, 2.24) is 15.5 Å². The van der Waals surface area contributed by atoms with Crippen molar-refractivity contribution in [3.05, 3.63) is 35.9 Å². The fourth-order valence-corrected chi connectivity index (χ4v) is 2.79. The van der Waals surface area contributed by atoms with Crippen LogP contribution in [0.15, 0.2) is 30.3 Å². The van der Waals surface area contributed by atoms with Crippen LogP contribution in [0.5, 0.6) is 0 Å². The summed E-state index contributed by atoms with van der Waals surface area (Å²) in [5.74, 6) is -0.0596. The molecule has 1 aromatic carbocycles. The van der Waals surface area contributed by atoms with Crippen LogP contribution in [0.2, 0.25) is 0 Å². The second kappa shape index (κ2) is 5.37. The number of benzene rings is 1. The van der Waals surface area contributed by atoms with Crippen LogP contribution in [-0.4, -0.2) is 48.1 Å². The smallest absolute Gasteiger partial charge is 0.407 e. The molecule has 0 bridgehead atoms. The molecule has 3 rings (SSSR count). The Morgan fingerprint density at radius 3 is 2.76 bits per heavy atom. The zero-order valence-corrected chi connectivity index (χ0v) is 12.0. The van der Waals surface area contributed by atoms with Gasteiger partial charge in [0.05, 0.1) is 11.6 Å². The van der Waals surface area contributed by atoms with Gasteiger partial charge in [0, 0.05) is 13.1 Å². The van der Waals surface area contributed by atoms with E-state index in [-0.39, 0.29) is 30.6 Å². The summed E-state index contributed by atoms with van der Waals surface area (Å²) in [7, 11) is 0. The Morgan fingerprint density at radius 2 is 2.19 bits per heavy atom. The van der Waals surface area contributed by atoms with Crippen molar-refractivity contribution in [2.75, 3.05) is 19.6 Å². The van der Waals surface area contributed by atoms with Crippen molar-refractivity contribution in [3.8, 4) is 0 Å². The largest absolute Gasteiger partial charge is 0.445 e. The summed E-state index contributed by atoms with van der Waals surface area (Å²) in [5.41, 5.74) is 1.00. The van der Waals surface area contributed by atoms with Gasteiger partial charge in [0.2, 0.25) is 5.91 Å². The molecule has 2 aliphatic heterocycles. The number of carbonyl (C=O) groups excluding carboxylic acids is 2. The molecular formula is C15H19N3O3. The van der Waals surface area contributed by atoms with Gasteiger partial charge < -0.3 is 20.3 Å². The van der Waals surface area contributed by atoms with Crippen LogP contribution >= 0.6 is 0 Å². The van der Waals surface area contributed by atoms with Crippen LogP contribution in [0.25, 0.3) is 0 Å². The van der Waals surface area contributed by atoms with Crippen molar-refractivity contribution < 1.29 is 14.3 Å². The van der Waals surface area contributed by atoms with E-state index in [1.54, 1.807) is 4.90 Å². The normalized spacial score (nSPS) is 26.1. The summed E-state index contributed by atoms with van der Waals surface area (Å²) < 4.78 is 5.06. The number of likely N-dealkylation sites (tertiary alicyclic amines) is 1. The van der Waals surface area contributed by atoms with Gasteiger partial charge in [0.15, 0.2) is 0 Å². The van der Waals surface area contributed by atoms with Crippen LogP contribution < -0.4 is 10.6 Å². The van der Waals surface area contributed by atoms with E-state index in [2.05, 4.69) is 17.6 Å². The number of carbonyl (C=O) groups is 2. The lowest BCUT2D eigenvalue weighted by Gasteiger charge is -2.64. The lowest BCUT2D eigenvalue weighted by atomic mass is 9.74. The third kappa shape index (κ3) is 2.71. The third-order valence-electron chi connectivity index (χ3n) is 4.23. The molecule has 0 radical (unpaired) electrons. The first-order valence-corrected chi connectivity index (χ1v) is 7.07. The van der Waals surface area contributed by atoms with Gasteiger partial charge in [-0.2, -0.15) is 0 Å². The molecule has 1 aromatic rings. The Kier molecular flexibility index (Phi) is 3.55. The van der Waals surface area contributed by atoms with E-state index >= 15 is 0 Å². The van der Waals surface area contributed by atoms with Crippen molar-refractivity contribution in [2.24, 2.45) is 0 Å². The first-order valence-electron chi connectivity index (χ1n) is 7.07. The molecule has 0 aliphatic carbocycles. The molecule has 112 valence electrons. The van der Waals surface area contributed by atoms with E-state index < -0.39 is 6.09 Å². The van der Waals surface area contributed by atoms with Gasteiger partial charge in [-0.15, -0.1) is 0 Å². The maximum atomic E-state index is 12.0. The molecule has 2 fully saturated rings. The molecule has 2 N–H and O–H groups in total. The molecule has 0 spiro atoms. The van der Waals surface area contributed by atoms with Crippen molar-refractivity contribution in [1.29, 1.82) is 0 Å². The fraction of sp³-hybridized carbons (Fsp3) is 0.467. The number of rotatable bonds is 4. The molecule has 2 heterocycles. The predicted octanol–water partition coefficient (Wildman–Crippen LogP) is 0.485. The van der Waals surface area contributed by atoms with E-state index in [0.717, 1.165) is 12.1 Å². The first-order chi connectivity index (χ1) is 10.1. The Bertz CT molecular complexity index is 548. The third-order valence-corrected chi connectivity index (χ3v) is 4.23. The van der Waals surface area contributed by atoms with Crippen LogP contribution in [0.1, 0.15) is 12.5 Å². The van der Waals surface area contributed by atoms with Gasteiger partial charge in [-0.1, -0.05) is 30.3 Å². The number of nitrogens with one attached hydrogen (secondary N) is 2. The number of piperazine rings is 1. The highest BCUT2D eigenvalue weighted by Gasteiger charge is 2.57. The summed E-state index contributed by atoms with van der Waals surface area (Å²) in [5, 5.41) is 5.80. The first kappa shape index (κ1) is 13.9. The average Bonchev–Trinajstić information content (AvgIpc) is 2.50. The summed E-state index contributed by atoms with van der Waals surface area (Å²) in [6.07, 6.45) is -0.567. The van der Waals surface area contributed by atoms with Gasteiger partial charge >= 0.3 is 6.09 Å². The topological polar surface area (TPSA) is 70.7 Å². The van der Waals surface area contributed by atoms with E-state index in [1.165, 1.54) is 0 Å². The zero-order chi connectivity index (χ0) is 14.9. The highest BCUT2D eigenvalue weighted by molar-refractivity contribution is 5.83. The molecule has 0 unspecified atom stereocenters. The molecule has 2 atom stereocenters. The molecule has 2 saturated heterocycles. The summed E-state index contributed by atoms with van der Waals surface area (Å²) in [4.78, 5) is 25.3. The Balaban J connectivity index is 1.37. The van der Waals surface area contributed by atoms with Gasteiger partial charge in [-0.05, 0) is 12.5 Å². The molecule has 21 heavy (non-hydrogen) atoms. The van der Waals surface area contributed by atoms with Crippen molar-refractivity contribution in [2.45, 2.75) is 25.1 Å². The summed E-state index contributed by atoms with van der Waals surface area (Å²) in [6, 6.07) is 9.69. The number of alkyl carbamates (subject to hydrolysis) is 1. The number of hydrogen-bond acceptors (Lipinski definition) is 4. The minimum absolute atomic E-state index is 0.0137. The Hall–Kier alpha value is -2.08. The van der Waals surface area contributed by atoms with Crippen LogP contribution in [0.4, 0.5) is 4.79 Å². The maximum Gasteiger partial charge on any atom is 0.407 e. The average molecular weight is 289 g/mol. The number of ether oxygens (including phenoxy) is 1. The molecule has 2 aliphatic rings. The van der Waals surface area contributed by atoms with Gasteiger partial charge in [-0.25, -0.2) is 4.79 Å². The highest BCUT2D eigenvalue weighted by Crippen LogP contribution is 2.35. The second-order valence-electron chi connectivity index (χ2n) is 5.75. The maximum absolute atomic E-state index is 12.0. The van der Waals surface area contributed by atoms with Crippen LogP contribution in [-0.2, 0) is 16.1 Å². The molecular weight excluding hydrogens is 270 g/mol. The molecule has 6 nitrogen and oxygen atoms in total. The highest BCUT2D eigenvalue weighted by atomic mass is 16.5. The number of nitrogens with zero attached hydrogens (tertiary/aromatic N) is 1. The summed E-state index contributed by atoms with van der Waals surface area (Å²) in [6.45, 7) is 3.83.